The zero-order valence-corrected chi connectivity index (χ0v) is 14.3. The average Bonchev–Trinajstić information content (AvgIpc) is 3.14. The van der Waals surface area contributed by atoms with E-state index in [9.17, 15) is 9.59 Å². The second-order valence-corrected chi connectivity index (χ2v) is 6.55. The molecular formula is C17H18N4O2S. The van der Waals surface area contributed by atoms with Crippen LogP contribution in [0.25, 0.3) is 4.96 Å². The molecule has 0 unspecified atom stereocenters. The van der Waals surface area contributed by atoms with E-state index in [0.29, 0.717) is 12.1 Å². The molecule has 0 aliphatic carbocycles. The van der Waals surface area contributed by atoms with Crippen LogP contribution in [0, 0.1) is 0 Å². The fourth-order valence-corrected chi connectivity index (χ4v) is 3.03. The van der Waals surface area contributed by atoms with Crippen molar-refractivity contribution in [2.45, 2.75) is 13.0 Å². The SMILES string of the molecule is CN(C)C(=O)c1ccc(CNC(=O)Cc2cn3ccsc3n2)cc1. The second-order valence-electron chi connectivity index (χ2n) is 5.68. The maximum Gasteiger partial charge on any atom is 0.253 e. The van der Waals surface area contributed by atoms with E-state index < -0.39 is 0 Å². The Morgan fingerprint density at radius 3 is 2.67 bits per heavy atom. The number of rotatable bonds is 5. The van der Waals surface area contributed by atoms with Gasteiger partial charge < -0.3 is 10.2 Å². The Hall–Kier alpha value is -2.67. The lowest BCUT2D eigenvalue weighted by Crippen LogP contribution is -2.25. The zero-order chi connectivity index (χ0) is 17.1. The molecule has 0 atom stereocenters. The van der Waals surface area contributed by atoms with Gasteiger partial charge in [-0.05, 0) is 17.7 Å². The van der Waals surface area contributed by atoms with Crippen LogP contribution >= 0.6 is 11.3 Å². The lowest BCUT2D eigenvalue weighted by molar-refractivity contribution is -0.120. The van der Waals surface area contributed by atoms with Crippen molar-refractivity contribution >= 4 is 28.1 Å². The Bertz CT molecular complexity index is 836. The molecule has 1 aromatic carbocycles. The molecule has 0 bridgehead atoms. The minimum Gasteiger partial charge on any atom is -0.352 e. The molecule has 24 heavy (non-hydrogen) atoms. The predicted octanol–water partition coefficient (Wildman–Crippen LogP) is 1.96. The normalized spacial score (nSPS) is 10.8. The summed E-state index contributed by atoms with van der Waals surface area (Å²) in [7, 11) is 3.44. The zero-order valence-electron chi connectivity index (χ0n) is 13.5. The molecule has 0 aliphatic heterocycles. The Labute approximate surface area is 143 Å². The maximum atomic E-state index is 12.0. The van der Waals surface area contributed by atoms with E-state index in [2.05, 4.69) is 10.3 Å². The molecule has 0 aliphatic rings. The first kappa shape index (κ1) is 16.2. The quantitative estimate of drug-likeness (QED) is 0.771. The van der Waals surface area contributed by atoms with Crippen LogP contribution in [0.4, 0.5) is 0 Å². The summed E-state index contributed by atoms with van der Waals surface area (Å²) in [6.07, 6.45) is 4.05. The Balaban J connectivity index is 1.54. The molecule has 0 saturated heterocycles. The highest BCUT2D eigenvalue weighted by Crippen LogP contribution is 2.12. The molecule has 124 valence electrons. The van der Waals surface area contributed by atoms with Gasteiger partial charge in [-0.25, -0.2) is 4.98 Å². The van der Waals surface area contributed by atoms with Crippen LogP contribution in [0.3, 0.4) is 0 Å². The minimum absolute atomic E-state index is 0.0367. The fourth-order valence-electron chi connectivity index (χ4n) is 2.31. The number of carbonyl (C=O) groups excluding carboxylic acids is 2. The van der Waals surface area contributed by atoms with Crippen LogP contribution in [-0.4, -0.2) is 40.2 Å². The van der Waals surface area contributed by atoms with Gasteiger partial charge in [-0.2, -0.15) is 0 Å². The first-order valence-corrected chi connectivity index (χ1v) is 8.39. The van der Waals surface area contributed by atoms with Gasteiger partial charge in [-0.1, -0.05) is 12.1 Å². The first-order valence-electron chi connectivity index (χ1n) is 7.51. The summed E-state index contributed by atoms with van der Waals surface area (Å²) in [6.45, 7) is 0.428. The van der Waals surface area contributed by atoms with Crippen LogP contribution < -0.4 is 5.32 Å². The van der Waals surface area contributed by atoms with Crippen LogP contribution in [0.1, 0.15) is 21.6 Å². The Morgan fingerprint density at radius 2 is 2.00 bits per heavy atom. The summed E-state index contributed by atoms with van der Waals surface area (Å²) in [5.41, 5.74) is 2.34. The van der Waals surface area contributed by atoms with Gasteiger partial charge in [-0.3, -0.25) is 14.0 Å². The third kappa shape index (κ3) is 3.62. The number of thiazole rings is 1. The van der Waals surface area contributed by atoms with Crippen LogP contribution in [-0.2, 0) is 17.8 Å². The van der Waals surface area contributed by atoms with Crippen molar-refractivity contribution in [3.05, 3.63) is 58.9 Å². The summed E-state index contributed by atoms with van der Waals surface area (Å²) in [5.74, 6) is -0.112. The van der Waals surface area contributed by atoms with E-state index >= 15 is 0 Å². The minimum atomic E-state index is -0.0748. The smallest absolute Gasteiger partial charge is 0.253 e. The molecule has 0 saturated carbocycles. The van der Waals surface area contributed by atoms with Gasteiger partial charge in [0.25, 0.3) is 5.91 Å². The van der Waals surface area contributed by atoms with E-state index in [0.717, 1.165) is 16.2 Å². The summed E-state index contributed by atoms with van der Waals surface area (Å²) in [4.78, 5) is 30.7. The number of benzene rings is 1. The molecule has 2 aromatic heterocycles. The number of fused-ring (bicyclic) bond motifs is 1. The molecule has 3 aromatic rings. The van der Waals surface area contributed by atoms with E-state index in [-0.39, 0.29) is 18.2 Å². The van der Waals surface area contributed by atoms with Crippen LogP contribution in [0.15, 0.2) is 42.0 Å². The van der Waals surface area contributed by atoms with Crippen LogP contribution in [0.5, 0.6) is 0 Å². The summed E-state index contributed by atoms with van der Waals surface area (Å²) in [5, 5.41) is 4.83. The van der Waals surface area contributed by atoms with E-state index in [1.54, 1.807) is 37.6 Å². The van der Waals surface area contributed by atoms with E-state index in [1.165, 1.54) is 4.90 Å². The van der Waals surface area contributed by atoms with Crippen LogP contribution in [0.2, 0.25) is 0 Å². The van der Waals surface area contributed by atoms with Crippen molar-refractivity contribution in [2.24, 2.45) is 0 Å². The highest BCUT2D eigenvalue weighted by Gasteiger charge is 2.09. The number of carbonyl (C=O) groups is 2. The standard InChI is InChI=1S/C17H18N4O2S/c1-20(2)16(23)13-5-3-12(4-6-13)10-18-15(22)9-14-11-21-7-8-24-17(21)19-14/h3-8,11H,9-10H2,1-2H3,(H,18,22). The van der Waals surface area contributed by atoms with Crippen molar-refractivity contribution in [2.75, 3.05) is 14.1 Å². The maximum absolute atomic E-state index is 12.0. The number of amides is 2. The molecular weight excluding hydrogens is 324 g/mol. The van der Waals surface area contributed by atoms with Gasteiger partial charge >= 0.3 is 0 Å². The molecule has 3 rings (SSSR count). The number of nitrogens with zero attached hydrogens (tertiary/aromatic N) is 3. The Kier molecular flexibility index (Phi) is 4.61. The third-order valence-electron chi connectivity index (χ3n) is 3.58. The second kappa shape index (κ2) is 6.84. The van der Waals surface area contributed by atoms with Crippen molar-refractivity contribution in [1.82, 2.24) is 19.6 Å². The van der Waals surface area contributed by atoms with Crippen molar-refractivity contribution in [3.63, 3.8) is 0 Å². The van der Waals surface area contributed by atoms with Gasteiger partial charge in [0.1, 0.15) is 0 Å². The molecule has 2 amide bonds. The molecule has 2 heterocycles. The highest BCUT2D eigenvalue weighted by molar-refractivity contribution is 7.15. The molecule has 0 spiro atoms. The Morgan fingerprint density at radius 1 is 1.25 bits per heavy atom. The van der Waals surface area contributed by atoms with Gasteiger partial charge in [0, 0.05) is 44.0 Å². The first-order chi connectivity index (χ1) is 11.5. The van der Waals surface area contributed by atoms with E-state index in [4.69, 9.17) is 0 Å². The van der Waals surface area contributed by atoms with Gasteiger partial charge in [0.15, 0.2) is 4.96 Å². The number of aromatic nitrogens is 2. The van der Waals surface area contributed by atoms with Crippen molar-refractivity contribution in [1.29, 1.82) is 0 Å². The predicted molar refractivity (Wildman–Crippen MR) is 93.1 cm³/mol. The fraction of sp³-hybridized carbons (Fsp3) is 0.235. The summed E-state index contributed by atoms with van der Waals surface area (Å²) >= 11 is 1.54. The molecule has 7 heteroatoms. The molecule has 0 radical (unpaired) electrons. The molecule has 1 N–H and O–H groups in total. The number of imidazole rings is 1. The topological polar surface area (TPSA) is 66.7 Å². The van der Waals surface area contributed by atoms with Gasteiger partial charge in [0.05, 0.1) is 12.1 Å². The monoisotopic (exact) mass is 342 g/mol. The summed E-state index contributed by atoms with van der Waals surface area (Å²) < 4.78 is 1.91. The van der Waals surface area contributed by atoms with Crippen molar-refractivity contribution < 1.29 is 9.59 Å². The lowest BCUT2D eigenvalue weighted by Gasteiger charge is -2.10. The number of hydrogen-bond acceptors (Lipinski definition) is 4. The molecule has 0 fully saturated rings. The van der Waals surface area contributed by atoms with Gasteiger partial charge in [0.2, 0.25) is 5.91 Å². The largest absolute Gasteiger partial charge is 0.352 e. The highest BCUT2D eigenvalue weighted by atomic mass is 32.1. The average molecular weight is 342 g/mol. The molecule has 6 nitrogen and oxygen atoms in total. The third-order valence-corrected chi connectivity index (χ3v) is 4.35. The number of hydrogen-bond donors (Lipinski definition) is 1. The lowest BCUT2D eigenvalue weighted by atomic mass is 10.1. The van der Waals surface area contributed by atoms with E-state index in [1.807, 2.05) is 34.3 Å². The van der Waals surface area contributed by atoms with Crippen molar-refractivity contribution in [3.8, 4) is 0 Å². The summed E-state index contributed by atoms with van der Waals surface area (Å²) in [6, 6.07) is 7.24. The van der Waals surface area contributed by atoms with Gasteiger partial charge in [-0.15, -0.1) is 11.3 Å². The number of nitrogens with one attached hydrogen (secondary N) is 1.